The number of hydrogen-bond acceptors (Lipinski definition) is 5. The number of nitrogens with two attached hydrogens (primary N) is 1. The van der Waals surface area contributed by atoms with Crippen LogP contribution in [0, 0.1) is 5.92 Å². The Labute approximate surface area is 110 Å². The van der Waals surface area contributed by atoms with E-state index in [1.165, 1.54) is 0 Å². The zero-order valence-electron chi connectivity index (χ0n) is 10.5. The molecule has 0 bridgehead atoms. The average molecular weight is 267 g/mol. The Morgan fingerprint density at radius 2 is 1.89 bits per heavy atom. The van der Waals surface area contributed by atoms with Gasteiger partial charge in [-0.25, -0.2) is 4.79 Å². The fourth-order valence-corrected chi connectivity index (χ4v) is 1.75. The first kappa shape index (κ1) is 15.1. The molecule has 19 heavy (non-hydrogen) atoms. The summed E-state index contributed by atoms with van der Waals surface area (Å²) < 4.78 is 4.78. The Morgan fingerprint density at radius 3 is 2.37 bits per heavy atom. The molecule has 1 aromatic rings. The van der Waals surface area contributed by atoms with E-state index in [9.17, 15) is 14.7 Å². The van der Waals surface area contributed by atoms with Crippen molar-refractivity contribution < 1.29 is 24.5 Å². The van der Waals surface area contributed by atoms with E-state index < -0.39 is 30.0 Å². The van der Waals surface area contributed by atoms with Crippen molar-refractivity contribution in [2.45, 2.75) is 19.1 Å². The molecule has 0 heterocycles. The fourth-order valence-electron chi connectivity index (χ4n) is 1.75. The molecule has 3 atom stereocenters. The van der Waals surface area contributed by atoms with Crippen LogP contribution in [0.15, 0.2) is 30.3 Å². The van der Waals surface area contributed by atoms with Gasteiger partial charge in [-0.15, -0.1) is 0 Å². The lowest BCUT2D eigenvalue weighted by Crippen LogP contribution is -2.42. The van der Waals surface area contributed by atoms with Crippen LogP contribution in [0.3, 0.4) is 0 Å². The van der Waals surface area contributed by atoms with Crippen LogP contribution in [0.25, 0.3) is 0 Å². The lowest BCUT2D eigenvalue weighted by atomic mass is 9.89. The predicted molar refractivity (Wildman–Crippen MR) is 67.1 cm³/mol. The average Bonchev–Trinajstić information content (AvgIpc) is 2.40. The lowest BCUT2D eigenvalue weighted by molar-refractivity contribution is -0.163. The third-order valence-electron chi connectivity index (χ3n) is 2.72. The fraction of sp³-hybridized carbons (Fsp3) is 0.385. The van der Waals surface area contributed by atoms with Crippen molar-refractivity contribution >= 4 is 11.9 Å². The smallest absolute Gasteiger partial charge is 0.333 e. The maximum atomic E-state index is 11.8. The monoisotopic (exact) mass is 267 g/mol. The van der Waals surface area contributed by atoms with Crippen molar-refractivity contribution in [1.82, 2.24) is 0 Å². The SMILES string of the molecule is CCOC(=O)C(C(O)C(=O)O)C(N)c1ccccc1. The predicted octanol–water partition coefficient (Wildman–Crippen LogP) is 0.311. The molecule has 0 fully saturated rings. The van der Waals surface area contributed by atoms with Crippen LogP contribution in [0.1, 0.15) is 18.5 Å². The quantitative estimate of drug-likeness (QED) is 0.640. The highest BCUT2D eigenvalue weighted by molar-refractivity contribution is 5.83. The van der Waals surface area contributed by atoms with Gasteiger partial charge in [-0.1, -0.05) is 30.3 Å². The number of benzene rings is 1. The van der Waals surface area contributed by atoms with Gasteiger partial charge in [0.15, 0.2) is 6.10 Å². The van der Waals surface area contributed by atoms with E-state index in [0.717, 1.165) is 0 Å². The summed E-state index contributed by atoms with van der Waals surface area (Å²) in [5.74, 6) is -3.68. The number of aliphatic carboxylic acids is 1. The van der Waals surface area contributed by atoms with Crippen LogP contribution in [0.2, 0.25) is 0 Å². The van der Waals surface area contributed by atoms with E-state index in [0.29, 0.717) is 5.56 Å². The molecule has 3 unspecified atom stereocenters. The molecule has 0 aliphatic rings. The van der Waals surface area contributed by atoms with Crippen LogP contribution >= 0.6 is 0 Å². The highest BCUT2D eigenvalue weighted by Gasteiger charge is 2.38. The molecule has 0 aliphatic carbocycles. The summed E-state index contributed by atoms with van der Waals surface area (Å²) in [7, 11) is 0. The van der Waals surface area contributed by atoms with Crippen LogP contribution in [-0.4, -0.2) is 34.9 Å². The minimum Gasteiger partial charge on any atom is -0.479 e. The van der Waals surface area contributed by atoms with Crippen molar-refractivity contribution in [3.05, 3.63) is 35.9 Å². The molecule has 4 N–H and O–H groups in total. The molecule has 0 saturated carbocycles. The van der Waals surface area contributed by atoms with Gasteiger partial charge in [0.1, 0.15) is 5.92 Å². The van der Waals surface area contributed by atoms with E-state index in [1.807, 2.05) is 0 Å². The second-order valence-electron chi connectivity index (χ2n) is 4.00. The number of carboxylic acid groups (broad SMARTS) is 1. The van der Waals surface area contributed by atoms with E-state index in [2.05, 4.69) is 0 Å². The molecule has 0 aliphatic heterocycles. The molecular formula is C13H17NO5. The molecule has 0 amide bonds. The lowest BCUT2D eigenvalue weighted by Gasteiger charge is -2.24. The summed E-state index contributed by atoms with van der Waals surface area (Å²) in [6.07, 6.45) is -1.91. The second kappa shape index (κ2) is 6.86. The van der Waals surface area contributed by atoms with Gasteiger partial charge in [0.2, 0.25) is 0 Å². The zero-order chi connectivity index (χ0) is 14.4. The normalized spacial score (nSPS) is 15.3. The number of carbonyl (C=O) groups excluding carboxylic acids is 1. The van der Waals surface area contributed by atoms with Crippen LogP contribution < -0.4 is 5.73 Å². The van der Waals surface area contributed by atoms with Gasteiger partial charge in [0.05, 0.1) is 6.61 Å². The summed E-state index contributed by atoms with van der Waals surface area (Å²) in [5, 5.41) is 18.5. The molecular weight excluding hydrogens is 250 g/mol. The number of rotatable bonds is 6. The largest absolute Gasteiger partial charge is 0.479 e. The summed E-state index contributed by atoms with van der Waals surface area (Å²) in [6.45, 7) is 1.68. The number of aliphatic hydroxyl groups excluding tert-OH is 1. The van der Waals surface area contributed by atoms with Gasteiger partial charge in [0, 0.05) is 6.04 Å². The van der Waals surface area contributed by atoms with E-state index in [4.69, 9.17) is 15.6 Å². The Morgan fingerprint density at radius 1 is 1.32 bits per heavy atom. The maximum absolute atomic E-state index is 11.8. The van der Waals surface area contributed by atoms with Gasteiger partial charge in [0.25, 0.3) is 0 Å². The van der Waals surface area contributed by atoms with Gasteiger partial charge < -0.3 is 20.7 Å². The van der Waals surface area contributed by atoms with Gasteiger partial charge in [-0.3, -0.25) is 4.79 Å². The third kappa shape index (κ3) is 3.77. The van der Waals surface area contributed by atoms with Crippen molar-refractivity contribution in [2.24, 2.45) is 11.7 Å². The molecule has 6 nitrogen and oxygen atoms in total. The van der Waals surface area contributed by atoms with Crippen molar-refractivity contribution in [1.29, 1.82) is 0 Å². The minimum atomic E-state index is -1.91. The van der Waals surface area contributed by atoms with E-state index >= 15 is 0 Å². The van der Waals surface area contributed by atoms with Gasteiger partial charge in [-0.2, -0.15) is 0 Å². The molecule has 0 radical (unpaired) electrons. The van der Waals surface area contributed by atoms with Crippen molar-refractivity contribution in [3.63, 3.8) is 0 Å². The third-order valence-corrected chi connectivity index (χ3v) is 2.72. The molecule has 0 aromatic heterocycles. The standard InChI is InChI=1S/C13H17NO5/c1-2-19-13(18)9(11(15)12(16)17)10(14)8-6-4-3-5-7-8/h3-7,9-11,15H,2,14H2,1H3,(H,16,17). The summed E-state index contributed by atoms with van der Waals surface area (Å²) in [4.78, 5) is 22.7. The second-order valence-corrected chi connectivity index (χ2v) is 4.00. The van der Waals surface area contributed by atoms with Gasteiger partial charge >= 0.3 is 11.9 Å². The molecule has 104 valence electrons. The number of hydrogen-bond donors (Lipinski definition) is 3. The highest BCUT2D eigenvalue weighted by atomic mass is 16.5. The van der Waals surface area contributed by atoms with E-state index in [-0.39, 0.29) is 6.61 Å². The molecule has 0 saturated heterocycles. The molecule has 0 spiro atoms. The zero-order valence-corrected chi connectivity index (χ0v) is 10.5. The Balaban J connectivity index is 3.02. The number of aliphatic hydroxyl groups is 1. The van der Waals surface area contributed by atoms with Crippen LogP contribution in [0.5, 0.6) is 0 Å². The topological polar surface area (TPSA) is 110 Å². The first-order valence-electron chi connectivity index (χ1n) is 5.87. The van der Waals surface area contributed by atoms with Crippen molar-refractivity contribution in [2.75, 3.05) is 6.61 Å². The van der Waals surface area contributed by atoms with Gasteiger partial charge in [-0.05, 0) is 12.5 Å². The molecule has 1 aromatic carbocycles. The minimum absolute atomic E-state index is 0.0865. The number of carboxylic acids is 1. The van der Waals surface area contributed by atoms with Crippen LogP contribution in [0.4, 0.5) is 0 Å². The number of ether oxygens (including phenoxy) is 1. The Hall–Kier alpha value is -1.92. The maximum Gasteiger partial charge on any atom is 0.333 e. The van der Waals surface area contributed by atoms with Crippen molar-refractivity contribution in [3.8, 4) is 0 Å². The Kier molecular flexibility index (Phi) is 5.47. The highest BCUT2D eigenvalue weighted by Crippen LogP contribution is 2.24. The first-order valence-corrected chi connectivity index (χ1v) is 5.87. The summed E-state index contributed by atoms with van der Waals surface area (Å²) in [5.41, 5.74) is 6.44. The van der Waals surface area contributed by atoms with E-state index in [1.54, 1.807) is 37.3 Å². The molecule has 1 rings (SSSR count). The summed E-state index contributed by atoms with van der Waals surface area (Å²) >= 11 is 0. The number of carbonyl (C=O) groups is 2. The first-order chi connectivity index (χ1) is 8.99. The molecule has 6 heteroatoms. The summed E-state index contributed by atoms with van der Waals surface area (Å²) in [6, 6.07) is 7.56. The Bertz CT molecular complexity index is 434. The number of esters is 1. The van der Waals surface area contributed by atoms with Crippen LogP contribution in [-0.2, 0) is 14.3 Å².